The van der Waals surface area contributed by atoms with E-state index in [1.165, 1.54) is 18.4 Å². The van der Waals surface area contributed by atoms with Crippen LogP contribution in [0.4, 0.5) is 15.6 Å². The molecule has 2 rings (SSSR count). The summed E-state index contributed by atoms with van der Waals surface area (Å²) < 4.78 is 10.3. The number of ether oxygens (including phenoxy) is 2. The number of carbonyl (C=O) groups is 1. The molecule has 2 amide bonds. The van der Waals surface area contributed by atoms with Crippen molar-refractivity contribution in [1.82, 2.24) is 4.98 Å². The lowest BCUT2D eigenvalue weighted by Crippen LogP contribution is -2.19. The van der Waals surface area contributed by atoms with Crippen LogP contribution in [0.1, 0.15) is 5.69 Å². The molecule has 1 aromatic heterocycles. The van der Waals surface area contributed by atoms with E-state index in [1.54, 1.807) is 25.3 Å². The van der Waals surface area contributed by atoms with Crippen molar-refractivity contribution in [3.05, 3.63) is 29.3 Å². The maximum Gasteiger partial charge on any atom is 0.325 e. The van der Waals surface area contributed by atoms with Gasteiger partial charge in [-0.05, 0) is 19.1 Å². The standard InChI is InChI=1S/C13H15N3O3S/c1-8-7-20-13(14-8)16-12(17)15-10-5-4-9(18-2)6-11(10)19-3/h4-7H,1-3H3,(H2,14,15,16,17). The van der Waals surface area contributed by atoms with Gasteiger partial charge in [0.1, 0.15) is 11.5 Å². The maximum absolute atomic E-state index is 11.9. The summed E-state index contributed by atoms with van der Waals surface area (Å²) in [5.74, 6) is 1.18. The third-order valence-electron chi connectivity index (χ3n) is 2.50. The normalized spacial score (nSPS) is 9.95. The summed E-state index contributed by atoms with van der Waals surface area (Å²) in [5, 5.41) is 7.78. The van der Waals surface area contributed by atoms with Crippen molar-refractivity contribution < 1.29 is 14.3 Å². The zero-order valence-corrected chi connectivity index (χ0v) is 12.2. The van der Waals surface area contributed by atoms with Crippen LogP contribution in [0.15, 0.2) is 23.6 Å². The van der Waals surface area contributed by atoms with E-state index in [0.717, 1.165) is 5.69 Å². The molecule has 2 N–H and O–H groups in total. The molecule has 0 radical (unpaired) electrons. The fourth-order valence-electron chi connectivity index (χ4n) is 1.56. The first-order valence-electron chi connectivity index (χ1n) is 5.84. The van der Waals surface area contributed by atoms with Crippen LogP contribution in [0.5, 0.6) is 11.5 Å². The number of nitrogens with zero attached hydrogens (tertiary/aromatic N) is 1. The van der Waals surface area contributed by atoms with Gasteiger partial charge in [0.25, 0.3) is 0 Å². The Morgan fingerprint density at radius 1 is 1.25 bits per heavy atom. The number of hydrogen-bond acceptors (Lipinski definition) is 5. The third kappa shape index (κ3) is 3.39. The molecule has 0 fully saturated rings. The lowest BCUT2D eigenvalue weighted by atomic mass is 10.2. The second kappa shape index (κ2) is 6.25. The van der Waals surface area contributed by atoms with Gasteiger partial charge in [0, 0.05) is 11.4 Å². The fourth-order valence-corrected chi connectivity index (χ4v) is 2.25. The predicted octanol–water partition coefficient (Wildman–Crippen LogP) is 3.11. The Morgan fingerprint density at radius 2 is 2.05 bits per heavy atom. The molecule has 6 nitrogen and oxygen atoms in total. The van der Waals surface area contributed by atoms with E-state index < -0.39 is 0 Å². The number of carbonyl (C=O) groups excluding carboxylic acids is 1. The summed E-state index contributed by atoms with van der Waals surface area (Å²) in [6.07, 6.45) is 0. The van der Waals surface area contributed by atoms with Gasteiger partial charge in [0.2, 0.25) is 0 Å². The zero-order chi connectivity index (χ0) is 14.5. The highest BCUT2D eigenvalue weighted by molar-refractivity contribution is 7.13. The maximum atomic E-state index is 11.9. The quantitative estimate of drug-likeness (QED) is 0.908. The molecule has 0 saturated carbocycles. The van der Waals surface area contributed by atoms with Crippen molar-refractivity contribution in [2.45, 2.75) is 6.92 Å². The van der Waals surface area contributed by atoms with Gasteiger partial charge in [-0.25, -0.2) is 9.78 Å². The van der Waals surface area contributed by atoms with Crippen molar-refractivity contribution in [3.8, 4) is 11.5 Å². The van der Waals surface area contributed by atoms with Crippen molar-refractivity contribution in [3.63, 3.8) is 0 Å². The molecule has 20 heavy (non-hydrogen) atoms. The highest BCUT2D eigenvalue weighted by Crippen LogP contribution is 2.29. The molecule has 7 heteroatoms. The minimum absolute atomic E-state index is 0.372. The molecule has 2 aromatic rings. The number of nitrogens with one attached hydrogen (secondary N) is 2. The van der Waals surface area contributed by atoms with Crippen LogP contribution in [0.2, 0.25) is 0 Å². The minimum Gasteiger partial charge on any atom is -0.497 e. The summed E-state index contributed by atoms with van der Waals surface area (Å²) in [6.45, 7) is 1.87. The van der Waals surface area contributed by atoms with Gasteiger partial charge in [0.15, 0.2) is 5.13 Å². The average Bonchev–Trinajstić information content (AvgIpc) is 2.84. The number of amides is 2. The van der Waals surface area contributed by atoms with Gasteiger partial charge in [-0.2, -0.15) is 0 Å². The van der Waals surface area contributed by atoms with Gasteiger partial charge in [0.05, 0.1) is 25.6 Å². The molecule has 0 aliphatic heterocycles. The lowest BCUT2D eigenvalue weighted by Gasteiger charge is -2.11. The zero-order valence-electron chi connectivity index (χ0n) is 11.4. The Labute approximate surface area is 120 Å². The van der Waals surface area contributed by atoms with Crippen molar-refractivity contribution in [2.75, 3.05) is 24.9 Å². The number of benzene rings is 1. The Morgan fingerprint density at radius 3 is 2.65 bits per heavy atom. The molecule has 1 heterocycles. The molecule has 0 unspecified atom stereocenters. The van der Waals surface area contributed by atoms with Gasteiger partial charge in [-0.15, -0.1) is 11.3 Å². The van der Waals surface area contributed by atoms with E-state index in [2.05, 4.69) is 15.6 Å². The highest BCUT2D eigenvalue weighted by atomic mass is 32.1. The number of urea groups is 1. The molecule has 106 valence electrons. The van der Waals surface area contributed by atoms with Crippen LogP contribution in [0.3, 0.4) is 0 Å². The molecule has 1 aromatic carbocycles. The first-order valence-corrected chi connectivity index (χ1v) is 6.72. The minimum atomic E-state index is -0.372. The monoisotopic (exact) mass is 293 g/mol. The number of aryl methyl sites for hydroxylation is 1. The van der Waals surface area contributed by atoms with Crippen LogP contribution in [0.25, 0.3) is 0 Å². The molecule has 0 spiro atoms. The number of thiazole rings is 1. The molecule has 0 aliphatic carbocycles. The summed E-state index contributed by atoms with van der Waals surface area (Å²) in [4.78, 5) is 16.0. The Balaban J connectivity index is 2.07. The van der Waals surface area contributed by atoms with E-state index in [9.17, 15) is 4.79 Å². The molecule has 0 bridgehead atoms. The van der Waals surface area contributed by atoms with E-state index >= 15 is 0 Å². The van der Waals surface area contributed by atoms with Crippen LogP contribution < -0.4 is 20.1 Å². The number of methoxy groups -OCH3 is 2. The van der Waals surface area contributed by atoms with Crippen molar-refractivity contribution in [2.24, 2.45) is 0 Å². The molecule has 0 atom stereocenters. The largest absolute Gasteiger partial charge is 0.497 e. The van der Waals surface area contributed by atoms with Crippen LogP contribution in [0, 0.1) is 6.92 Å². The highest BCUT2D eigenvalue weighted by Gasteiger charge is 2.10. The Hall–Kier alpha value is -2.28. The third-order valence-corrected chi connectivity index (χ3v) is 3.37. The van der Waals surface area contributed by atoms with E-state index in [1.807, 2.05) is 12.3 Å². The number of hydrogen-bond donors (Lipinski definition) is 2. The summed E-state index contributed by atoms with van der Waals surface area (Å²) in [6, 6.07) is 4.78. The smallest absolute Gasteiger partial charge is 0.325 e. The Kier molecular flexibility index (Phi) is 4.41. The Bertz CT molecular complexity index is 613. The topological polar surface area (TPSA) is 72.5 Å². The molecular weight excluding hydrogens is 278 g/mol. The number of rotatable bonds is 4. The first kappa shape index (κ1) is 14.1. The van der Waals surface area contributed by atoms with Crippen LogP contribution in [-0.2, 0) is 0 Å². The second-order valence-corrected chi connectivity index (χ2v) is 4.80. The molecular formula is C13H15N3O3S. The second-order valence-electron chi connectivity index (χ2n) is 3.94. The van der Waals surface area contributed by atoms with E-state index in [-0.39, 0.29) is 6.03 Å². The first-order chi connectivity index (χ1) is 9.62. The van der Waals surface area contributed by atoms with Crippen molar-refractivity contribution >= 4 is 28.2 Å². The summed E-state index contributed by atoms with van der Waals surface area (Å²) in [5.41, 5.74) is 1.42. The van der Waals surface area contributed by atoms with Gasteiger partial charge >= 0.3 is 6.03 Å². The summed E-state index contributed by atoms with van der Waals surface area (Å²) in [7, 11) is 3.10. The molecule has 0 saturated heterocycles. The SMILES string of the molecule is COc1ccc(NC(=O)Nc2nc(C)cs2)c(OC)c1. The fraction of sp³-hybridized carbons (Fsp3) is 0.231. The van der Waals surface area contributed by atoms with E-state index in [4.69, 9.17) is 9.47 Å². The van der Waals surface area contributed by atoms with E-state index in [0.29, 0.717) is 22.3 Å². The average molecular weight is 293 g/mol. The van der Waals surface area contributed by atoms with Gasteiger partial charge < -0.3 is 14.8 Å². The number of anilines is 2. The predicted molar refractivity (Wildman–Crippen MR) is 79.0 cm³/mol. The number of aromatic nitrogens is 1. The van der Waals surface area contributed by atoms with Crippen molar-refractivity contribution in [1.29, 1.82) is 0 Å². The molecule has 0 aliphatic rings. The van der Waals surface area contributed by atoms with Crippen LogP contribution in [-0.4, -0.2) is 25.2 Å². The van der Waals surface area contributed by atoms with Gasteiger partial charge in [-0.3, -0.25) is 5.32 Å². The van der Waals surface area contributed by atoms with Gasteiger partial charge in [-0.1, -0.05) is 0 Å². The van der Waals surface area contributed by atoms with Crippen LogP contribution >= 0.6 is 11.3 Å². The lowest BCUT2D eigenvalue weighted by molar-refractivity contribution is 0.262. The summed E-state index contributed by atoms with van der Waals surface area (Å²) >= 11 is 1.37.